The number of likely N-dealkylation sites (N-methyl/N-ethyl adjacent to an activating group) is 1. The molecule has 2 heterocycles. The molecule has 0 N–H and O–H groups in total. The van der Waals surface area contributed by atoms with E-state index in [4.69, 9.17) is 11.6 Å². The molecule has 0 saturated carbocycles. The molecule has 1 aromatic rings. The summed E-state index contributed by atoms with van der Waals surface area (Å²) in [5, 5.41) is 7.55. The molecule has 0 aliphatic carbocycles. The maximum absolute atomic E-state index is 12.0. The van der Waals surface area contributed by atoms with E-state index in [1.807, 2.05) is 0 Å². The molecule has 1 aromatic heterocycles. The summed E-state index contributed by atoms with van der Waals surface area (Å²) in [6.45, 7) is 1.62. The number of carbonyl (C=O) groups is 2. The first-order chi connectivity index (χ1) is 9.08. The number of nitrogens with zero attached hydrogens (tertiary/aromatic N) is 4. The Balaban J connectivity index is 1.95. The van der Waals surface area contributed by atoms with Crippen molar-refractivity contribution in [3.05, 3.63) is 23.0 Å². The van der Waals surface area contributed by atoms with E-state index in [1.165, 1.54) is 17.0 Å². The van der Waals surface area contributed by atoms with Crippen LogP contribution in [0.15, 0.2) is 12.1 Å². The van der Waals surface area contributed by atoms with E-state index in [-0.39, 0.29) is 29.2 Å². The molecule has 6 nitrogen and oxygen atoms in total. The first-order valence-corrected chi connectivity index (χ1v) is 6.48. The molecule has 1 aliphatic rings. The summed E-state index contributed by atoms with van der Waals surface area (Å²) >= 11 is 5.61. The lowest BCUT2D eigenvalue weighted by Crippen LogP contribution is -2.40. The van der Waals surface area contributed by atoms with Crippen LogP contribution in [-0.2, 0) is 4.79 Å². The van der Waals surface area contributed by atoms with E-state index in [1.54, 1.807) is 11.9 Å². The van der Waals surface area contributed by atoms with Crippen LogP contribution in [-0.4, -0.2) is 58.5 Å². The van der Waals surface area contributed by atoms with Crippen molar-refractivity contribution in [3.8, 4) is 0 Å². The molecular formula is C12H15ClN4O2. The molecule has 19 heavy (non-hydrogen) atoms. The normalized spacial score (nSPS) is 14.5. The summed E-state index contributed by atoms with van der Waals surface area (Å²) in [5.41, 5.74) is 0.182. The highest BCUT2D eigenvalue weighted by molar-refractivity contribution is 6.29. The number of amides is 2. The molecule has 2 amide bonds. The molecule has 0 atom stereocenters. The summed E-state index contributed by atoms with van der Waals surface area (Å²) in [4.78, 5) is 27.1. The highest BCUT2D eigenvalue weighted by atomic mass is 35.5. The topological polar surface area (TPSA) is 66.4 Å². The molecule has 0 unspecified atom stereocenters. The smallest absolute Gasteiger partial charge is 0.274 e. The monoisotopic (exact) mass is 282 g/mol. The number of carbonyl (C=O) groups excluding carboxylic acids is 2. The highest BCUT2D eigenvalue weighted by Crippen LogP contribution is 2.09. The number of hydrogen-bond acceptors (Lipinski definition) is 4. The highest BCUT2D eigenvalue weighted by Gasteiger charge is 2.22. The summed E-state index contributed by atoms with van der Waals surface area (Å²) in [6, 6.07) is 2.99. The zero-order chi connectivity index (χ0) is 13.8. The molecule has 1 saturated heterocycles. The molecule has 0 radical (unpaired) electrons. The van der Waals surface area contributed by atoms with Gasteiger partial charge in [-0.05, 0) is 25.0 Å². The van der Waals surface area contributed by atoms with Crippen LogP contribution < -0.4 is 0 Å². The summed E-state index contributed by atoms with van der Waals surface area (Å²) < 4.78 is 0. The lowest BCUT2D eigenvalue weighted by Gasteiger charge is -2.20. The van der Waals surface area contributed by atoms with Gasteiger partial charge in [-0.1, -0.05) is 11.6 Å². The van der Waals surface area contributed by atoms with Crippen molar-refractivity contribution in [1.29, 1.82) is 0 Å². The third kappa shape index (κ3) is 3.41. The summed E-state index contributed by atoms with van der Waals surface area (Å²) in [6.07, 6.45) is 2.07. The fraction of sp³-hybridized carbons (Fsp3) is 0.500. The molecule has 0 spiro atoms. The molecule has 0 aromatic carbocycles. The van der Waals surface area contributed by atoms with Gasteiger partial charge in [-0.15, -0.1) is 10.2 Å². The van der Waals surface area contributed by atoms with Gasteiger partial charge in [0.05, 0.1) is 6.54 Å². The minimum absolute atomic E-state index is 0.0322. The Morgan fingerprint density at radius 2 is 2.00 bits per heavy atom. The molecule has 102 valence electrons. The second-order valence-corrected chi connectivity index (χ2v) is 4.88. The van der Waals surface area contributed by atoms with Gasteiger partial charge in [0.25, 0.3) is 5.91 Å². The van der Waals surface area contributed by atoms with Crippen LogP contribution in [0, 0.1) is 0 Å². The van der Waals surface area contributed by atoms with Crippen LogP contribution in [0.25, 0.3) is 0 Å². The van der Waals surface area contributed by atoms with Crippen LogP contribution in [0.5, 0.6) is 0 Å². The summed E-state index contributed by atoms with van der Waals surface area (Å²) in [5.74, 6) is -0.369. The van der Waals surface area contributed by atoms with E-state index in [2.05, 4.69) is 10.2 Å². The zero-order valence-electron chi connectivity index (χ0n) is 10.7. The molecule has 2 rings (SSSR count). The van der Waals surface area contributed by atoms with E-state index in [0.29, 0.717) is 0 Å². The van der Waals surface area contributed by atoms with Gasteiger partial charge in [0.15, 0.2) is 10.8 Å². The average molecular weight is 283 g/mol. The van der Waals surface area contributed by atoms with Crippen molar-refractivity contribution in [2.24, 2.45) is 0 Å². The van der Waals surface area contributed by atoms with Gasteiger partial charge in [0.1, 0.15) is 0 Å². The van der Waals surface area contributed by atoms with Gasteiger partial charge in [-0.25, -0.2) is 0 Å². The Morgan fingerprint density at radius 1 is 1.32 bits per heavy atom. The van der Waals surface area contributed by atoms with Gasteiger partial charge < -0.3 is 9.80 Å². The van der Waals surface area contributed by atoms with Crippen molar-refractivity contribution in [3.63, 3.8) is 0 Å². The minimum Gasteiger partial charge on any atom is -0.341 e. The first-order valence-electron chi connectivity index (χ1n) is 6.10. The van der Waals surface area contributed by atoms with Gasteiger partial charge >= 0.3 is 0 Å². The van der Waals surface area contributed by atoms with E-state index < -0.39 is 0 Å². The number of halogens is 1. The van der Waals surface area contributed by atoms with Crippen molar-refractivity contribution in [1.82, 2.24) is 20.0 Å². The molecule has 1 fully saturated rings. The SMILES string of the molecule is CN(CC(=O)N1CCCC1)C(=O)c1ccc(Cl)nn1. The maximum atomic E-state index is 12.0. The van der Waals surface area contributed by atoms with Crippen molar-refractivity contribution in [2.45, 2.75) is 12.8 Å². The fourth-order valence-electron chi connectivity index (χ4n) is 1.97. The summed E-state index contributed by atoms with van der Waals surface area (Å²) in [7, 11) is 1.58. The third-order valence-electron chi connectivity index (χ3n) is 3.03. The number of rotatable bonds is 3. The Kier molecular flexibility index (Phi) is 4.31. The predicted molar refractivity (Wildman–Crippen MR) is 69.8 cm³/mol. The van der Waals surface area contributed by atoms with E-state index in [0.717, 1.165) is 25.9 Å². The largest absolute Gasteiger partial charge is 0.341 e. The van der Waals surface area contributed by atoms with E-state index in [9.17, 15) is 9.59 Å². The number of hydrogen-bond donors (Lipinski definition) is 0. The minimum atomic E-state index is -0.336. The number of likely N-dealkylation sites (tertiary alicyclic amines) is 1. The molecule has 7 heteroatoms. The number of aromatic nitrogens is 2. The molecular weight excluding hydrogens is 268 g/mol. The second kappa shape index (κ2) is 5.97. The maximum Gasteiger partial charge on any atom is 0.274 e. The van der Waals surface area contributed by atoms with Gasteiger partial charge in [0.2, 0.25) is 5.91 Å². The Bertz CT molecular complexity index is 471. The van der Waals surface area contributed by atoms with Crippen LogP contribution in [0.2, 0.25) is 5.15 Å². The lowest BCUT2D eigenvalue weighted by atomic mass is 10.3. The van der Waals surface area contributed by atoms with E-state index >= 15 is 0 Å². The Hall–Kier alpha value is -1.69. The first kappa shape index (κ1) is 13.7. The van der Waals surface area contributed by atoms with Crippen LogP contribution in [0.4, 0.5) is 0 Å². The van der Waals surface area contributed by atoms with Crippen LogP contribution in [0.1, 0.15) is 23.3 Å². The average Bonchev–Trinajstić information content (AvgIpc) is 2.92. The van der Waals surface area contributed by atoms with Crippen molar-refractivity contribution >= 4 is 23.4 Å². The zero-order valence-corrected chi connectivity index (χ0v) is 11.4. The molecule has 1 aliphatic heterocycles. The fourth-order valence-corrected chi connectivity index (χ4v) is 2.07. The van der Waals surface area contributed by atoms with Crippen molar-refractivity contribution in [2.75, 3.05) is 26.7 Å². The Morgan fingerprint density at radius 3 is 2.58 bits per heavy atom. The van der Waals surface area contributed by atoms with Gasteiger partial charge in [0, 0.05) is 20.1 Å². The standard InChI is InChI=1S/C12H15ClN4O2/c1-16(8-11(18)17-6-2-3-7-17)12(19)9-4-5-10(13)15-14-9/h4-5H,2-3,6-8H2,1H3. The molecule has 0 bridgehead atoms. The van der Waals surface area contributed by atoms with Crippen molar-refractivity contribution < 1.29 is 9.59 Å². The van der Waals surface area contributed by atoms with Gasteiger partial charge in [-0.3, -0.25) is 9.59 Å². The third-order valence-corrected chi connectivity index (χ3v) is 3.23. The Labute approximate surface area is 116 Å². The second-order valence-electron chi connectivity index (χ2n) is 4.49. The quantitative estimate of drug-likeness (QED) is 0.823. The predicted octanol–water partition coefficient (Wildman–Crippen LogP) is 0.824. The van der Waals surface area contributed by atoms with Gasteiger partial charge in [-0.2, -0.15) is 0 Å². The van der Waals surface area contributed by atoms with Crippen LogP contribution in [0.3, 0.4) is 0 Å². The lowest BCUT2D eigenvalue weighted by molar-refractivity contribution is -0.130. The van der Waals surface area contributed by atoms with Crippen LogP contribution >= 0.6 is 11.6 Å².